The predicted molar refractivity (Wildman–Crippen MR) is 39.5 cm³/mol. The molecule has 0 aromatic carbocycles. The van der Waals surface area contributed by atoms with E-state index < -0.39 is 6.29 Å². The molecule has 0 aromatic rings. The molecule has 0 saturated heterocycles. The third kappa shape index (κ3) is 7.03. The summed E-state index contributed by atoms with van der Waals surface area (Å²) in [6, 6.07) is 0. The van der Waals surface area contributed by atoms with E-state index in [1.54, 1.807) is 6.92 Å². The highest BCUT2D eigenvalue weighted by molar-refractivity contribution is 5.31. The molecule has 0 spiro atoms. The molecule has 0 amide bonds. The highest BCUT2D eigenvalue weighted by Crippen LogP contribution is 1.96. The Balaban J connectivity index is 3.21. The minimum absolute atomic E-state index is 0.456. The van der Waals surface area contributed by atoms with Crippen LogP contribution in [-0.4, -0.2) is 19.0 Å². The summed E-state index contributed by atoms with van der Waals surface area (Å²) in [5.74, 6) is 0. The Morgan fingerprint density at radius 3 is 2.91 bits per heavy atom. The van der Waals surface area contributed by atoms with Gasteiger partial charge in [-0.25, -0.2) is 4.79 Å². The number of rotatable bonds is 6. The number of hydrogen-bond acceptors (Lipinski definition) is 4. The van der Waals surface area contributed by atoms with Crippen LogP contribution in [-0.2, 0) is 14.4 Å². The molecule has 0 rings (SSSR count). The van der Waals surface area contributed by atoms with Crippen molar-refractivity contribution in [3.8, 4) is 0 Å². The van der Waals surface area contributed by atoms with Gasteiger partial charge >= 0.3 is 0 Å². The first kappa shape index (κ1) is 10.1. The molecular formula is C7H13NO3. The molecule has 64 valence electrons. The monoisotopic (exact) mass is 159 g/mol. The molecule has 0 aliphatic carbocycles. The Kier molecular flexibility index (Phi) is 6.68. The Hall–Kier alpha value is -0.860. The molecule has 4 nitrogen and oxygen atoms in total. The SMILES string of the molecule is CCCCOC(C)ON=C=O. The molecule has 11 heavy (non-hydrogen) atoms. The van der Waals surface area contributed by atoms with Crippen LogP contribution in [0.25, 0.3) is 0 Å². The number of unbranched alkanes of at least 4 members (excludes halogenated alkanes) is 1. The van der Waals surface area contributed by atoms with Crippen molar-refractivity contribution in [2.45, 2.75) is 33.0 Å². The van der Waals surface area contributed by atoms with Crippen molar-refractivity contribution in [2.75, 3.05) is 6.61 Å². The summed E-state index contributed by atoms with van der Waals surface area (Å²) in [5.41, 5.74) is 0. The number of isocyanates is 1. The van der Waals surface area contributed by atoms with Crippen molar-refractivity contribution < 1.29 is 14.4 Å². The third-order valence-corrected chi connectivity index (χ3v) is 1.09. The first-order valence-electron chi connectivity index (χ1n) is 3.65. The van der Waals surface area contributed by atoms with Crippen molar-refractivity contribution in [1.82, 2.24) is 0 Å². The van der Waals surface area contributed by atoms with Gasteiger partial charge in [0.05, 0.1) is 6.61 Å². The van der Waals surface area contributed by atoms with Crippen LogP contribution in [0.2, 0.25) is 0 Å². The Bertz CT molecular complexity index is 132. The standard InChI is InChI=1S/C7H13NO3/c1-3-4-5-10-7(2)11-8-6-9/h7H,3-5H2,1-2H3. The van der Waals surface area contributed by atoms with Crippen LogP contribution in [0.15, 0.2) is 5.16 Å². The molecule has 0 aromatic heterocycles. The van der Waals surface area contributed by atoms with Gasteiger partial charge in [0.2, 0.25) is 6.29 Å². The number of hydrogen-bond donors (Lipinski definition) is 0. The first-order chi connectivity index (χ1) is 5.31. The van der Waals surface area contributed by atoms with Crippen LogP contribution < -0.4 is 0 Å². The molecule has 0 N–H and O–H groups in total. The molecule has 0 fully saturated rings. The van der Waals surface area contributed by atoms with Crippen molar-refractivity contribution in [1.29, 1.82) is 0 Å². The second-order valence-electron chi connectivity index (χ2n) is 2.08. The summed E-state index contributed by atoms with van der Waals surface area (Å²) in [4.78, 5) is 14.1. The van der Waals surface area contributed by atoms with Gasteiger partial charge in [0.15, 0.2) is 0 Å². The molecular weight excluding hydrogens is 146 g/mol. The minimum atomic E-state index is -0.456. The van der Waals surface area contributed by atoms with Crippen molar-refractivity contribution in [2.24, 2.45) is 5.16 Å². The number of nitrogens with zero attached hydrogens (tertiary/aromatic N) is 1. The van der Waals surface area contributed by atoms with Gasteiger partial charge in [-0.05, 0) is 6.42 Å². The molecule has 4 heteroatoms. The van der Waals surface area contributed by atoms with Crippen LogP contribution >= 0.6 is 0 Å². The maximum Gasteiger partial charge on any atom is 0.276 e. The van der Waals surface area contributed by atoms with Gasteiger partial charge in [-0.3, -0.25) is 0 Å². The maximum absolute atomic E-state index is 9.57. The minimum Gasteiger partial charge on any atom is -0.354 e. The van der Waals surface area contributed by atoms with Crippen LogP contribution in [0.3, 0.4) is 0 Å². The summed E-state index contributed by atoms with van der Waals surface area (Å²) in [7, 11) is 0. The van der Waals surface area contributed by atoms with Gasteiger partial charge < -0.3 is 9.57 Å². The molecule has 0 aliphatic rings. The highest BCUT2D eigenvalue weighted by atomic mass is 16.8. The van der Waals surface area contributed by atoms with Crippen LogP contribution in [0.1, 0.15) is 26.7 Å². The van der Waals surface area contributed by atoms with Gasteiger partial charge in [-0.15, -0.1) is 0 Å². The summed E-state index contributed by atoms with van der Waals surface area (Å²) in [5, 5.41) is 2.92. The van der Waals surface area contributed by atoms with Gasteiger partial charge in [0.1, 0.15) is 0 Å². The summed E-state index contributed by atoms with van der Waals surface area (Å²) >= 11 is 0. The van der Waals surface area contributed by atoms with E-state index in [2.05, 4.69) is 16.9 Å². The molecule has 0 aliphatic heterocycles. The van der Waals surface area contributed by atoms with Crippen LogP contribution in [0.5, 0.6) is 0 Å². The molecule has 0 saturated carbocycles. The molecule has 0 radical (unpaired) electrons. The lowest BCUT2D eigenvalue weighted by Crippen LogP contribution is -2.10. The van der Waals surface area contributed by atoms with E-state index in [1.807, 2.05) is 0 Å². The topological polar surface area (TPSA) is 47.9 Å². The fraction of sp³-hybridized carbons (Fsp3) is 0.857. The summed E-state index contributed by atoms with van der Waals surface area (Å²) in [6.07, 6.45) is 2.86. The highest BCUT2D eigenvalue weighted by Gasteiger charge is 1.99. The smallest absolute Gasteiger partial charge is 0.276 e. The second-order valence-corrected chi connectivity index (χ2v) is 2.08. The van der Waals surface area contributed by atoms with Gasteiger partial charge in [-0.2, -0.15) is 0 Å². The second kappa shape index (κ2) is 7.25. The van der Waals surface area contributed by atoms with Gasteiger partial charge in [-0.1, -0.05) is 13.3 Å². The van der Waals surface area contributed by atoms with E-state index in [1.165, 1.54) is 6.08 Å². The molecule has 0 bridgehead atoms. The van der Waals surface area contributed by atoms with E-state index >= 15 is 0 Å². The Labute approximate surface area is 66.2 Å². The van der Waals surface area contributed by atoms with E-state index in [0.29, 0.717) is 6.61 Å². The zero-order valence-corrected chi connectivity index (χ0v) is 6.87. The average Bonchev–Trinajstić information content (AvgIpc) is 2.01. The number of carbonyl (C=O) groups excluding carboxylic acids is 1. The molecule has 1 unspecified atom stereocenters. The Morgan fingerprint density at radius 1 is 1.64 bits per heavy atom. The predicted octanol–water partition coefficient (Wildman–Crippen LogP) is 1.42. The molecule has 1 atom stereocenters. The van der Waals surface area contributed by atoms with E-state index in [-0.39, 0.29) is 0 Å². The van der Waals surface area contributed by atoms with Crippen LogP contribution in [0.4, 0.5) is 0 Å². The zero-order valence-electron chi connectivity index (χ0n) is 6.87. The zero-order chi connectivity index (χ0) is 8.53. The van der Waals surface area contributed by atoms with Crippen molar-refractivity contribution in [3.05, 3.63) is 0 Å². The van der Waals surface area contributed by atoms with E-state index in [4.69, 9.17) is 4.74 Å². The lowest BCUT2D eigenvalue weighted by molar-refractivity contribution is -0.130. The fourth-order valence-corrected chi connectivity index (χ4v) is 0.520. The normalized spacial score (nSPS) is 11.8. The maximum atomic E-state index is 9.57. The Morgan fingerprint density at radius 2 is 2.36 bits per heavy atom. The lowest BCUT2D eigenvalue weighted by atomic mass is 10.4. The van der Waals surface area contributed by atoms with Gasteiger partial charge in [0.25, 0.3) is 6.08 Å². The van der Waals surface area contributed by atoms with Crippen molar-refractivity contribution in [3.63, 3.8) is 0 Å². The van der Waals surface area contributed by atoms with E-state index in [0.717, 1.165) is 12.8 Å². The number of ether oxygens (including phenoxy) is 1. The van der Waals surface area contributed by atoms with Crippen LogP contribution in [0, 0.1) is 0 Å². The third-order valence-electron chi connectivity index (χ3n) is 1.09. The summed E-state index contributed by atoms with van der Waals surface area (Å²) in [6.45, 7) is 4.38. The average molecular weight is 159 g/mol. The fourth-order valence-electron chi connectivity index (χ4n) is 0.520. The van der Waals surface area contributed by atoms with E-state index in [9.17, 15) is 4.79 Å². The molecule has 0 heterocycles. The quantitative estimate of drug-likeness (QED) is 0.193. The lowest BCUT2D eigenvalue weighted by Gasteiger charge is -2.08. The van der Waals surface area contributed by atoms with Crippen molar-refractivity contribution >= 4 is 6.08 Å². The summed E-state index contributed by atoms with van der Waals surface area (Å²) < 4.78 is 5.09. The largest absolute Gasteiger partial charge is 0.354 e. The first-order valence-corrected chi connectivity index (χ1v) is 3.65. The van der Waals surface area contributed by atoms with Gasteiger partial charge in [0, 0.05) is 12.1 Å².